The molecule has 4 rings (SSSR count). The van der Waals surface area contributed by atoms with Gasteiger partial charge in [-0.05, 0) is 37.1 Å². The zero-order valence-corrected chi connectivity index (χ0v) is 14.6. The van der Waals surface area contributed by atoms with Crippen molar-refractivity contribution in [2.75, 3.05) is 16.4 Å². The van der Waals surface area contributed by atoms with Crippen molar-refractivity contribution in [1.29, 1.82) is 0 Å². The molecule has 2 aliphatic heterocycles. The lowest BCUT2D eigenvalue weighted by atomic mass is 10.2. The number of hydrogen-bond donors (Lipinski definition) is 0. The average Bonchev–Trinajstić information content (AvgIpc) is 3.22. The molecule has 3 aliphatic rings. The van der Waals surface area contributed by atoms with Crippen molar-refractivity contribution in [2.24, 2.45) is 10.9 Å². The van der Waals surface area contributed by atoms with Crippen LogP contribution in [0.4, 0.5) is 5.69 Å². The van der Waals surface area contributed by atoms with Gasteiger partial charge in [0.05, 0.1) is 17.5 Å². The van der Waals surface area contributed by atoms with Gasteiger partial charge in [-0.3, -0.25) is 4.79 Å². The molecule has 1 amide bonds. The summed E-state index contributed by atoms with van der Waals surface area (Å²) in [7, 11) is -3.04. The van der Waals surface area contributed by atoms with Crippen LogP contribution in [-0.4, -0.2) is 42.3 Å². The van der Waals surface area contributed by atoms with Crippen molar-refractivity contribution in [3.63, 3.8) is 0 Å². The molecular weight excluding hydrogens is 356 g/mol. The van der Waals surface area contributed by atoms with E-state index >= 15 is 0 Å². The molecule has 1 aromatic rings. The van der Waals surface area contributed by atoms with Crippen LogP contribution in [0.25, 0.3) is 0 Å². The highest BCUT2D eigenvalue weighted by Gasteiger charge is 2.49. The highest BCUT2D eigenvalue weighted by Crippen LogP contribution is 2.41. The summed E-state index contributed by atoms with van der Waals surface area (Å²) in [5.74, 6) is 0.209. The summed E-state index contributed by atoms with van der Waals surface area (Å²) in [5, 5.41) is 1.17. The summed E-state index contributed by atoms with van der Waals surface area (Å²) in [6.45, 7) is 0. The van der Waals surface area contributed by atoms with Crippen molar-refractivity contribution < 1.29 is 13.2 Å². The molecule has 1 saturated carbocycles. The number of nitrogens with zero attached hydrogens (tertiary/aromatic N) is 2. The molecular formula is C15H15ClN2O3S2. The maximum absolute atomic E-state index is 12.1. The zero-order chi connectivity index (χ0) is 16.2. The summed E-state index contributed by atoms with van der Waals surface area (Å²) in [5.41, 5.74) is 0.828. The van der Waals surface area contributed by atoms with Crippen LogP contribution in [0.5, 0.6) is 0 Å². The fourth-order valence-electron chi connectivity index (χ4n) is 2.98. The molecule has 0 aromatic heterocycles. The third kappa shape index (κ3) is 3.02. The molecule has 5 nitrogen and oxygen atoms in total. The van der Waals surface area contributed by atoms with Gasteiger partial charge in [0.2, 0.25) is 0 Å². The number of rotatable bonds is 2. The Kier molecular flexibility index (Phi) is 3.70. The maximum atomic E-state index is 12.1. The molecule has 2 atom stereocenters. The quantitative estimate of drug-likeness (QED) is 0.799. The number of amidine groups is 1. The lowest BCUT2D eigenvalue weighted by molar-refractivity contribution is -0.118. The summed E-state index contributed by atoms with van der Waals surface area (Å²) < 4.78 is 23.9. The minimum absolute atomic E-state index is 0.0549. The first kappa shape index (κ1) is 15.5. The van der Waals surface area contributed by atoms with Crippen molar-refractivity contribution in [3.05, 3.63) is 29.3 Å². The van der Waals surface area contributed by atoms with Gasteiger partial charge in [0, 0.05) is 21.9 Å². The van der Waals surface area contributed by atoms with E-state index in [4.69, 9.17) is 11.6 Å². The highest BCUT2D eigenvalue weighted by molar-refractivity contribution is 8.16. The van der Waals surface area contributed by atoms with Gasteiger partial charge in [-0.1, -0.05) is 23.4 Å². The van der Waals surface area contributed by atoms with E-state index in [0.717, 1.165) is 18.5 Å². The average molecular weight is 371 g/mol. The van der Waals surface area contributed by atoms with Crippen LogP contribution in [0.15, 0.2) is 29.3 Å². The van der Waals surface area contributed by atoms with Gasteiger partial charge in [-0.25, -0.2) is 8.42 Å². The predicted molar refractivity (Wildman–Crippen MR) is 92.9 cm³/mol. The zero-order valence-electron chi connectivity index (χ0n) is 12.2. The van der Waals surface area contributed by atoms with Gasteiger partial charge in [0.1, 0.15) is 0 Å². The highest BCUT2D eigenvalue weighted by atomic mass is 35.5. The number of sulfone groups is 1. The number of thioether (sulfide) groups is 1. The largest absolute Gasteiger partial charge is 0.316 e. The number of halogens is 1. The Hall–Kier alpha value is -1.05. The first-order valence-electron chi connectivity index (χ1n) is 7.47. The van der Waals surface area contributed by atoms with Crippen LogP contribution in [0.2, 0.25) is 5.02 Å². The van der Waals surface area contributed by atoms with Crippen LogP contribution in [-0.2, 0) is 14.6 Å². The number of amides is 1. The molecule has 1 aliphatic carbocycles. The third-order valence-corrected chi connectivity index (χ3v) is 7.77. The second-order valence-corrected chi connectivity index (χ2v) is 9.95. The first-order chi connectivity index (χ1) is 10.9. The minimum atomic E-state index is -3.04. The van der Waals surface area contributed by atoms with E-state index in [1.165, 1.54) is 11.8 Å². The van der Waals surface area contributed by atoms with Crippen LogP contribution < -0.4 is 4.90 Å². The third-order valence-electron chi connectivity index (χ3n) is 4.30. The van der Waals surface area contributed by atoms with E-state index in [0.29, 0.717) is 10.2 Å². The number of aliphatic imine (C=N–C) groups is 1. The van der Waals surface area contributed by atoms with Crippen molar-refractivity contribution in [2.45, 2.75) is 24.1 Å². The molecule has 0 spiro atoms. The molecule has 0 radical (unpaired) electrons. The van der Waals surface area contributed by atoms with Crippen LogP contribution in [0.3, 0.4) is 0 Å². The smallest absolute Gasteiger partial charge is 0.251 e. The summed E-state index contributed by atoms with van der Waals surface area (Å²) in [4.78, 5) is 18.3. The number of fused-ring (bicyclic) bond motifs is 1. The lowest BCUT2D eigenvalue weighted by Crippen LogP contribution is -2.37. The normalized spacial score (nSPS) is 30.7. The Labute approximate surface area is 144 Å². The molecule has 8 heteroatoms. The number of anilines is 1. The number of carbonyl (C=O) groups is 1. The molecule has 23 heavy (non-hydrogen) atoms. The van der Waals surface area contributed by atoms with Crippen LogP contribution in [0.1, 0.15) is 12.8 Å². The Morgan fingerprint density at radius 3 is 2.57 bits per heavy atom. The van der Waals surface area contributed by atoms with E-state index in [9.17, 15) is 13.2 Å². The maximum Gasteiger partial charge on any atom is 0.251 e. The fourth-order valence-corrected chi connectivity index (χ4v) is 7.03. The standard InChI is InChI=1S/C15H15ClN2O3S2/c16-10-3-5-11(6-4-10)18-12-7-23(20,21)8-13(12)22-15(18)17-14(19)9-1-2-9/h3-6,9,12-13H,1-2,7-8H2/t12-,13-/m0/s1. The van der Waals surface area contributed by atoms with Gasteiger partial charge in [0.15, 0.2) is 15.0 Å². The fraction of sp³-hybridized carbons (Fsp3) is 0.467. The van der Waals surface area contributed by atoms with Gasteiger partial charge in [-0.15, -0.1) is 0 Å². The van der Waals surface area contributed by atoms with Crippen molar-refractivity contribution in [1.82, 2.24) is 0 Å². The number of hydrogen-bond acceptors (Lipinski definition) is 4. The second-order valence-electron chi connectivity index (χ2n) is 6.15. The molecule has 0 N–H and O–H groups in total. The van der Waals surface area contributed by atoms with E-state index in [1.54, 1.807) is 12.1 Å². The predicted octanol–water partition coefficient (Wildman–Crippen LogP) is 2.35. The lowest BCUT2D eigenvalue weighted by Gasteiger charge is -2.24. The molecule has 2 saturated heterocycles. The van der Waals surface area contributed by atoms with Crippen LogP contribution >= 0.6 is 23.4 Å². The molecule has 0 bridgehead atoms. The molecule has 3 fully saturated rings. The molecule has 0 unspecified atom stereocenters. The van der Waals surface area contributed by atoms with Crippen molar-refractivity contribution >= 4 is 50.0 Å². The molecule has 1 aromatic carbocycles. The topological polar surface area (TPSA) is 66.8 Å². The minimum Gasteiger partial charge on any atom is -0.316 e. The summed E-state index contributed by atoms with van der Waals surface area (Å²) in [6, 6.07) is 7.04. The first-order valence-corrected chi connectivity index (χ1v) is 10.6. The summed E-state index contributed by atoms with van der Waals surface area (Å²) >= 11 is 7.35. The SMILES string of the molecule is O=C(N=C1S[C@H]2CS(=O)(=O)C[C@@H]2N1c1ccc(Cl)cc1)C1CC1. The second kappa shape index (κ2) is 5.50. The van der Waals surface area contributed by atoms with E-state index in [-0.39, 0.29) is 34.6 Å². The molecule has 122 valence electrons. The molecule has 2 heterocycles. The Morgan fingerprint density at radius 1 is 1.22 bits per heavy atom. The van der Waals surface area contributed by atoms with Gasteiger partial charge >= 0.3 is 0 Å². The Bertz CT molecular complexity index is 787. The van der Waals surface area contributed by atoms with Crippen molar-refractivity contribution in [3.8, 4) is 0 Å². The van der Waals surface area contributed by atoms with Gasteiger partial charge in [-0.2, -0.15) is 4.99 Å². The Balaban J connectivity index is 1.71. The van der Waals surface area contributed by atoms with E-state index < -0.39 is 9.84 Å². The number of benzene rings is 1. The monoisotopic (exact) mass is 370 g/mol. The summed E-state index contributed by atoms with van der Waals surface area (Å²) in [6.07, 6.45) is 1.81. The van der Waals surface area contributed by atoms with E-state index in [2.05, 4.69) is 4.99 Å². The Morgan fingerprint density at radius 2 is 1.91 bits per heavy atom. The van der Waals surface area contributed by atoms with Crippen LogP contribution in [0, 0.1) is 5.92 Å². The number of carbonyl (C=O) groups excluding carboxylic acids is 1. The van der Waals surface area contributed by atoms with Gasteiger partial charge < -0.3 is 4.90 Å². The van der Waals surface area contributed by atoms with E-state index in [1.807, 2.05) is 17.0 Å². The van der Waals surface area contributed by atoms with Gasteiger partial charge in [0.25, 0.3) is 5.91 Å².